The van der Waals surface area contributed by atoms with Gasteiger partial charge in [-0.25, -0.2) is 0 Å². The van der Waals surface area contributed by atoms with E-state index in [-0.39, 0.29) is 0 Å². The predicted molar refractivity (Wildman–Crippen MR) is 69.5 cm³/mol. The van der Waals surface area contributed by atoms with E-state index in [9.17, 15) is 5.11 Å². The van der Waals surface area contributed by atoms with Crippen LogP contribution in [0.25, 0.3) is 0 Å². The zero-order chi connectivity index (χ0) is 12.0. The van der Waals surface area contributed by atoms with E-state index in [4.69, 9.17) is 0 Å². The van der Waals surface area contributed by atoms with Gasteiger partial charge in [-0.15, -0.1) is 0 Å². The van der Waals surface area contributed by atoms with E-state index in [0.29, 0.717) is 0 Å². The second kappa shape index (κ2) is 6.61. The van der Waals surface area contributed by atoms with Crippen LogP contribution in [0.5, 0.6) is 0 Å². The van der Waals surface area contributed by atoms with Crippen molar-refractivity contribution in [3.63, 3.8) is 0 Å². The summed E-state index contributed by atoms with van der Waals surface area (Å²) in [7, 11) is 0. The van der Waals surface area contributed by atoms with Crippen molar-refractivity contribution in [2.24, 2.45) is 11.8 Å². The maximum Gasteiger partial charge on any atom is 0.0743 e. The molecule has 0 amide bonds. The molecule has 1 unspecified atom stereocenters. The molecule has 0 aromatic heterocycles. The molecule has 0 saturated heterocycles. The molecule has 96 valence electrons. The van der Waals surface area contributed by atoms with Gasteiger partial charge in [0.15, 0.2) is 0 Å². The fourth-order valence-corrected chi connectivity index (χ4v) is 2.71. The quantitative estimate of drug-likeness (QED) is 0.731. The highest BCUT2D eigenvalue weighted by molar-refractivity contribution is 4.77. The van der Waals surface area contributed by atoms with Gasteiger partial charge in [-0.05, 0) is 44.6 Å². The Morgan fingerprint density at radius 1 is 1.25 bits per heavy atom. The normalized spacial score (nSPS) is 30.0. The largest absolute Gasteiger partial charge is 0.389 e. The summed E-state index contributed by atoms with van der Waals surface area (Å²) in [5, 5.41) is 13.5. The fourth-order valence-electron chi connectivity index (χ4n) is 2.71. The van der Waals surface area contributed by atoms with Crippen LogP contribution in [0.4, 0.5) is 0 Å². The van der Waals surface area contributed by atoms with E-state index in [1.165, 1.54) is 25.7 Å². The first-order valence-corrected chi connectivity index (χ1v) is 6.96. The summed E-state index contributed by atoms with van der Waals surface area (Å²) in [6.07, 6.45) is 7.45. The van der Waals surface area contributed by atoms with Gasteiger partial charge in [0.2, 0.25) is 0 Å². The highest BCUT2D eigenvalue weighted by atomic mass is 16.3. The first-order valence-electron chi connectivity index (χ1n) is 6.96. The Labute approximate surface area is 101 Å². The first kappa shape index (κ1) is 14.0. The van der Waals surface area contributed by atoms with E-state index in [1.54, 1.807) is 0 Å². The third-order valence-corrected chi connectivity index (χ3v) is 3.86. The molecule has 0 aromatic rings. The van der Waals surface area contributed by atoms with Crippen LogP contribution >= 0.6 is 0 Å². The van der Waals surface area contributed by atoms with Crippen LogP contribution in [-0.4, -0.2) is 23.8 Å². The Kier molecular flexibility index (Phi) is 5.77. The van der Waals surface area contributed by atoms with Gasteiger partial charge in [0.05, 0.1) is 5.60 Å². The van der Waals surface area contributed by atoms with Crippen molar-refractivity contribution in [2.75, 3.05) is 13.1 Å². The number of rotatable bonds is 6. The van der Waals surface area contributed by atoms with Crippen LogP contribution in [-0.2, 0) is 0 Å². The zero-order valence-corrected chi connectivity index (χ0v) is 11.3. The highest BCUT2D eigenvalue weighted by Crippen LogP contribution is 2.27. The Morgan fingerprint density at radius 2 is 1.88 bits per heavy atom. The molecule has 1 aliphatic carbocycles. The zero-order valence-electron chi connectivity index (χ0n) is 11.3. The third kappa shape index (κ3) is 5.31. The van der Waals surface area contributed by atoms with Crippen LogP contribution in [0.1, 0.15) is 59.3 Å². The minimum Gasteiger partial charge on any atom is -0.389 e. The monoisotopic (exact) mass is 227 g/mol. The van der Waals surface area contributed by atoms with Crippen molar-refractivity contribution in [1.82, 2.24) is 5.32 Å². The Morgan fingerprint density at radius 3 is 2.44 bits per heavy atom. The summed E-state index contributed by atoms with van der Waals surface area (Å²) in [5.74, 6) is 1.77. The Balaban J connectivity index is 2.11. The number of nitrogens with one attached hydrogen (secondary N) is 1. The third-order valence-electron chi connectivity index (χ3n) is 3.86. The number of aliphatic hydroxyl groups is 1. The average molecular weight is 227 g/mol. The van der Waals surface area contributed by atoms with Gasteiger partial charge >= 0.3 is 0 Å². The summed E-state index contributed by atoms with van der Waals surface area (Å²) in [5.41, 5.74) is -0.517. The molecule has 16 heavy (non-hydrogen) atoms. The molecule has 0 bridgehead atoms. The lowest BCUT2D eigenvalue weighted by molar-refractivity contribution is 0.0485. The van der Waals surface area contributed by atoms with Crippen LogP contribution < -0.4 is 5.32 Å². The lowest BCUT2D eigenvalue weighted by Gasteiger charge is -2.28. The fraction of sp³-hybridized carbons (Fsp3) is 1.00. The van der Waals surface area contributed by atoms with Crippen molar-refractivity contribution < 1.29 is 5.11 Å². The maximum atomic E-state index is 10.0. The second-order valence-electron chi connectivity index (χ2n) is 6.00. The molecule has 0 radical (unpaired) electrons. The van der Waals surface area contributed by atoms with E-state index in [1.807, 2.05) is 6.92 Å². The van der Waals surface area contributed by atoms with E-state index < -0.39 is 5.60 Å². The predicted octanol–water partition coefficient (Wildman–Crippen LogP) is 2.95. The summed E-state index contributed by atoms with van der Waals surface area (Å²) < 4.78 is 0. The SMILES string of the molecule is CCCC(C)(O)CNCC1CCC(C)CC1. The van der Waals surface area contributed by atoms with E-state index in [0.717, 1.165) is 37.8 Å². The molecule has 0 aromatic carbocycles. The van der Waals surface area contributed by atoms with Gasteiger partial charge in [0, 0.05) is 6.54 Å². The summed E-state index contributed by atoms with van der Waals surface area (Å²) >= 11 is 0. The molecule has 1 rings (SSSR count). The summed E-state index contributed by atoms with van der Waals surface area (Å²) in [4.78, 5) is 0. The van der Waals surface area contributed by atoms with Crippen LogP contribution in [0.2, 0.25) is 0 Å². The standard InChI is InChI=1S/C14H29NO/c1-4-9-14(3,16)11-15-10-13-7-5-12(2)6-8-13/h12-13,15-16H,4-11H2,1-3H3. The highest BCUT2D eigenvalue weighted by Gasteiger charge is 2.21. The second-order valence-corrected chi connectivity index (χ2v) is 6.00. The number of hydrogen-bond acceptors (Lipinski definition) is 2. The molecular formula is C14H29NO. The summed E-state index contributed by atoms with van der Waals surface area (Å²) in [6, 6.07) is 0. The topological polar surface area (TPSA) is 32.3 Å². The smallest absolute Gasteiger partial charge is 0.0743 e. The van der Waals surface area contributed by atoms with Crippen molar-refractivity contribution in [2.45, 2.75) is 64.9 Å². The van der Waals surface area contributed by atoms with Crippen LogP contribution in [0.3, 0.4) is 0 Å². The van der Waals surface area contributed by atoms with Crippen LogP contribution in [0, 0.1) is 11.8 Å². The molecule has 0 heterocycles. The minimum absolute atomic E-state index is 0.517. The van der Waals surface area contributed by atoms with E-state index in [2.05, 4.69) is 19.2 Å². The lowest BCUT2D eigenvalue weighted by Crippen LogP contribution is -2.40. The van der Waals surface area contributed by atoms with Crippen LogP contribution in [0.15, 0.2) is 0 Å². The molecule has 1 fully saturated rings. The molecule has 0 spiro atoms. The van der Waals surface area contributed by atoms with Crippen molar-refractivity contribution in [1.29, 1.82) is 0 Å². The molecule has 1 atom stereocenters. The molecule has 0 aliphatic heterocycles. The number of hydrogen-bond donors (Lipinski definition) is 2. The van der Waals surface area contributed by atoms with E-state index >= 15 is 0 Å². The first-order chi connectivity index (χ1) is 7.53. The minimum atomic E-state index is -0.517. The van der Waals surface area contributed by atoms with Gasteiger partial charge < -0.3 is 10.4 Å². The maximum absolute atomic E-state index is 10.0. The van der Waals surface area contributed by atoms with Gasteiger partial charge in [-0.1, -0.05) is 33.1 Å². The lowest BCUT2D eigenvalue weighted by atomic mass is 9.83. The van der Waals surface area contributed by atoms with Crippen molar-refractivity contribution in [3.8, 4) is 0 Å². The average Bonchev–Trinajstić information content (AvgIpc) is 2.20. The van der Waals surface area contributed by atoms with Gasteiger partial charge in [0.25, 0.3) is 0 Å². The molecule has 2 heteroatoms. The molecule has 2 N–H and O–H groups in total. The summed E-state index contributed by atoms with van der Waals surface area (Å²) in [6.45, 7) is 8.25. The van der Waals surface area contributed by atoms with Crippen molar-refractivity contribution >= 4 is 0 Å². The molecule has 2 nitrogen and oxygen atoms in total. The van der Waals surface area contributed by atoms with Gasteiger partial charge in [-0.3, -0.25) is 0 Å². The molecule has 1 saturated carbocycles. The molecular weight excluding hydrogens is 198 g/mol. The van der Waals surface area contributed by atoms with Crippen molar-refractivity contribution in [3.05, 3.63) is 0 Å². The Hall–Kier alpha value is -0.0800. The Bertz CT molecular complexity index is 183. The van der Waals surface area contributed by atoms with Gasteiger partial charge in [0.1, 0.15) is 0 Å². The molecule has 1 aliphatic rings. The van der Waals surface area contributed by atoms with Gasteiger partial charge in [-0.2, -0.15) is 0 Å².